The van der Waals surface area contributed by atoms with Gasteiger partial charge in [0.05, 0.1) is 5.52 Å². The van der Waals surface area contributed by atoms with E-state index in [9.17, 15) is 0 Å². The number of hydrogen-bond acceptors (Lipinski definition) is 5. The van der Waals surface area contributed by atoms with Crippen LogP contribution in [0.25, 0.3) is 11.0 Å². The molecule has 2 rings (SSSR count). The van der Waals surface area contributed by atoms with Gasteiger partial charge in [-0.05, 0) is 64.6 Å². The summed E-state index contributed by atoms with van der Waals surface area (Å²) >= 11 is 5.39. The van der Waals surface area contributed by atoms with Gasteiger partial charge in [0, 0.05) is 25.3 Å². The van der Waals surface area contributed by atoms with E-state index in [1.54, 1.807) is 0 Å². The number of nitrogen functional groups attached to an aromatic ring is 1. The molecule has 8 heteroatoms. The number of pyridine rings is 1. The summed E-state index contributed by atoms with van der Waals surface area (Å²) in [7, 11) is 0. The highest BCUT2D eigenvalue weighted by Gasteiger charge is 2.15. The summed E-state index contributed by atoms with van der Waals surface area (Å²) in [5, 5.41) is 7.28. The Morgan fingerprint density at radius 3 is 2.44 bits per heavy atom. The number of fused-ring (bicyclic) bond motifs is 1. The number of nitrogens with two attached hydrogens (primary N) is 1. The first kappa shape index (κ1) is 21.4. The van der Waals surface area contributed by atoms with Crippen molar-refractivity contribution in [3.05, 3.63) is 17.1 Å². The third-order valence-electron chi connectivity index (χ3n) is 5.04. The van der Waals surface area contributed by atoms with Crippen LogP contribution in [-0.4, -0.2) is 57.3 Å². The van der Waals surface area contributed by atoms with Gasteiger partial charge in [0.25, 0.3) is 0 Å². The monoisotopic (exact) mass is 391 g/mol. The second kappa shape index (κ2) is 9.85. The van der Waals surface area contributed by atoms with Crippen LogP contribution in [-0.2, 0) is 6.54 Å². The van der Waals surface area contributed by atoms with Crippen molar-refractivity contribution in [1.29, 1.82) is 0 Å². The lowest BCUT2D eigenvalue weighted by atomic mass is 10.2. The lowest BCUT2D eigenvalue weighted by molar-refractivity contribution is 0.300. The molecule has 0 radical (unpaired) electrons. The minimum absolute atomic E-state index is 0.494. The van der Waals surface area contributed by atoms with Crippen molar-refractivity contribution in [3.8, 4) is 0 Å². The average Bonchev–Trinajstić information content (AvgIpc) is 2.97. The number of rotatable bonds is 9. The van der Waals surface area contributed by atoms with Gasteiger partial charge >= 0.3 is 0 Å². The van der Waals surface area contributed by atoms with Crippen molar-refractivity contribution in [1.82, 2.24) is 30.1 Å². The zero-order valence-corrected chi connectivity index (χ0v) is 18.0. The molecule has 0 fully saturated rings. The molecule has 2 heterocycles. The predicted molar refractivity (Wildman–Crippen MR) is 117 cm³/mol. The average molecular weight is 392 g/mol. The Balaban J connectivity index is 1.87. The summed E-state index contributed by atoms with van der Waals surface area (Å²) in [5.74, 6) is 1.43. The highest BCUT2D eigenvalue weighted by Crippen LogP contribution is 2.25. The summed E-state index contributed by atoms with van der Waals surface area (Å²) < 4.78 is 2.19. The van der Waals surface area contributed by atoms with Crippen molar-refractivity contribution in [2.75, 3.05) is 38.5 Å². The van der Waals surface area contributed by atoms with Crippen LogP contribution >= 0.6 is 12.2 Å². The van der Waals surface area contributed by atoms with Gasteiger partial charge in [-0.25, -0.2) is 9.97 Å². The van der Waals surface area contributed by atoms with E-state index in [1.807, 2.05) is 13.8 Å². The van der Waals surface area contributed by atoms with Gasteiger partial charge in [-0.2, -0.15) is 0 Å². The first-order chi connectivity index (χ1) is 12.9. The predicted octanol–water partition coefficient (Wildman–Crippen LogP) is 2.13. The lowest BCUT2D eigenvalue weighted by Gasteiger charge is -2.18. The molecule has 0 atom stereocenters. The Morgan fingerprint density at radius 2 is 1.78 bits per heavy atom. The summed E-state index contributed by atoms with van der Waals surface area (Å²) in [4.78, 5) is 11.4. The van der Waals surface area contributed by atoms with Crippen LogP contribution in [0.1, 0.15) is 37.4 Å². The fourth-order valence-electron chi connectivity index (χ4n) is 3.27. The zero-order chi connectivity index (χ0) is 20.0. The van der Waals surface area contributed by atoms with Crippen molar-refractivity contribution in [3.63, 3.8) is 0 Å². The molecular formula is C19H33N7S. The van der Waals surface area contributed by atoms with Crippen LogP contribution in [0.15, 0.2) is 0 Å². The molecular weight excluding hydrogens is 358 g/mol. The Labute approximate surface area is 167 Å². The molecule has 0 aliphatic carbocycles. The first-order valence-corrected chi connectivity index (χ1v) is 10.1. The molecule has 0 unspecified atom stereocenters. The molecule has 0 aromatic carbocycles. The third kappa shape index (κ3) is 5.29. The lowest BCUT2D eigenvalue weighted by Crippen LogP contribution is -2.38. The fraction of sp³-hybridized carbons (Fsp3) is 0.632. The van der Waals surface area contributed by atoms with Gasteiger partial charge in [-0.1, -0.05) is 13.8 Å². The van der Waals surface area contributed by atoms with Crippen LogP contribution in [0, 0.1) is 20.8 Å². The minimum atomic E-state index is 0.494. The topological polar surface area (TPSA) is 84.0 Å². The molecule has 0 saturated heterocycles. The van der Waals surface area contributed by atoms with Gasteiger partial charge < -0.3 is 25.8 Å². The molecule has 0 bridgehead atoms. The standard InChI is InChI=1S/C19H33N7S/c1-6-25(7-2)11-8-9-21-19(27)22-10-12-26-15(5)24-16-17(26)13(3)14(4)23-18(16)20/h6-12H2,1-5H3,(H2,20,23)(H2,21,22,27). The van der Waals surface area contributed by atoms with Crippen molar-refractivity contribution < 1.29 is 0 Å². The molecule has 2 aromatic heterocycles. The second-order valence-electron chi connectivity index (χ2n) is 6.78. The SMILES string of the molecule is CCN(CC)CCCNC(=S)NCCn1c(C)nc2c(N)nc(C)c(C)c21. The zero-order valence-electron chi connectivity index (χ0n) is 17.2. The van der Waals surface area contributed by atoms with Crippen molar-refractivity contribution in [2.24, 2.45) is 0 Å². The third-order valence-corrected chi connectivity index (χ3v) is 5.33. The van der Waals surface area contributed by atoms with Gasteiger partial charge in [0.1, 0.15) is 11.3 Å². The van der Waals surface area contributed by atoms with Crippen molar-refractivity contribution >= 4 is 34.2 Å². The number of thiocarbonyl (C=S) groups is 1. The van der Waals surface area contributed by atoms with Crippen LogP contribution in [0.2, 0.25) is 0 Å². The number of imidazole rings is 1. The summed E-state index contributed by atoms with van der Waals surface area (Å²) in [6.07, 6.45) is 1.08. The minimum Gasteiger partial charge on any atom is -0.382 e. The van der Waals surface area contributed by atoms with E-state index in [1.165, 1.54) is 0 Å². The quantitative estimate of drug-likeness (QED) is 0.446. The first-order valence-electron chi connectivity index (χ1n) is 9.72. The van der Waals surface area contributed by atoms with Gasteiger partial charge in [-0.3, -0.25) is 0 Å². The van der Waals surface area contributed by atoms with E-state index in [2.05, 4.69) is 50.8 Å². The number of nitrogens with one attached hydrogen (secondary N) is 2. The van der Waals surface area contributed by atoms with Crippen LogP contribution in [0.4, 0.5) is 5.82 Å². The largest absolute Gasteiger partial charge is 0.382 e. The van der Waals surface area contributed by atoms with Crippen LogP contribution in [0.5, 0.6) is 0 Å². The van der Waals surface area contributed by atoms with E-state index in [0.29, 0.717) is 10.9 Å². The molecule has 0 spiro atoms. The summed E-state index contributed by atoms with van der Waals surface area (Å²) in [6.45, 7) is 16.1. The highest BCUT2D eigenvalue weighted by molar-refractivity contribution is 7.80. The van der Waals surface area contributed by atoms with E-state index >= 15 is 0 Å². The van der Waals surface area contributed by atoms with Gasteiger partial charge in [0.2, 0.25) is 0 Å². The maximum absolute atomic E-state index is 6.06. The normalized spacial score (nSPS) is 11.3. The molecule has 27 heavy (non-hydrogen) atoms. The molecule has 0 aliphatic heterocycles. The Morgan fingerprint density at radius 1 is 1.11 bits per heavy atom. The fourth-order valence-corrected chi connectivity index (χ4v) is 3.48. The molecule has 7 nitrogen and oxygen atoms in total. The van der Waals surface area contributed by atoms with Crippen LogP contribution in [0.3, 0.4) is 0 Å². The van der Waals surface area contributed by atoms with Crippen LogP contribution < -0.4 is 16.4 Å². The number of nitrogens with zero attached hydrogens (tertiary/aromatic N) is 4. The van der Waals surface area contributed by atoms with E-state index in [4.69, 9.17) is 18.0 Å². The molecule has 0 saturated carbocycles. The Bertz CT molecular complexity index is 780. The summed E-state index contributed by atoms with van der Waals surface area (Å²) in [5.41, 5.74) is 9.98. The molecule has 2 aromatic rings. The van der Waals surface area contributed by atoms with E-state index in [0.717, 1.165) is 73.8 Å². The Hall–Kier alpha value is -1.93. The van der Waals surface area contributed by atoms with E-state index < -0.39 is 0 Å². The summed E-state index contributed by atoms with van der Waals surface area (Å²) in [6, 6.07) is 0. The molecule has 0 amide bonds. The number of aryl methyl sites for hydroxylation is 3. The molecule has 150 valence electrons. The van der Waals surface area contributed by atoms with Crippen molar-refractivity contribution in [2.45, 2.75) is 47.6 Å². The maximum Gasteiger partial charge on any atom is 0.166 e. The number of aromatic nitrogens is 3. The highest BCUT2D eigenvalue weighted by atomic mass is 32.1. The number of anilines is 1. The second-order valence-corrected chi connectivity index (χ2v) is 7.19. The smallest absolute Gasteiger partial charge is 0.166 e. The van der Waals surface area contributed by atoms with Gasteiger partial charge in [0.15, 0.2) is 10.9 Å². The molecule has 4 N–H and O–H groups in total. The van der Waals surface area contributed by atoms with E-state index in [-0.39, 0.29) is 0 Å². The Kier molecular flexibility index (Phi) is 7.79. The maximum atomic E-state index is 6.06. The molecule has 0 aliphatic rings. The van der Waals surface area contributed by atoms with Gasteiger partial charge in [-0.15, -0.1) is 0 Å². The number of hydrogen-bond donors (Lipinski definition) is 3.